The minimum atomic E-state index is -0.105. The third-order valence-electron chi connectivity index (χ3n) is 3.26. The molecule has 1 aliphatic rings. The normalized spacial score (nSPS) is 14.1. The predicted molar refractivity (Wildman–Crippen MR) is 73.8 cm³/mol. The second-order valence-corrected chi connectivity index (χ2v) is 5.80. The number of aromatic nitrogens is 2. The van der Waals surface area contributed by atoms with Crippen LogP contribution in [0.3, 0.4) is 0 Å². The molecular formula is C13H15N3O3S. The number of hydrogen-bond donors (Lipinski definition) is 1. The molecule has 0 atom stereocenters. The fraction of sp³-hybridized carbons (Fsp3) is 0.462. The predicted octanol–water partition coefficient (Wildman–Crippen LogP) is 2.00. The first-order valence-electron chi connectivity index (χ1n) is 6.41. The highest BCUT2D eigenvalue weighted by atomic mass is 32.1. The molecular weight excluding hydrogens is 278 g/mol. The van der Waals surface area contributed by atoms with Crippen LogP contribution in [0.4, 0.5) is 5.13 Å². The highest BCUT2D eigenvalue weighted by Gasteiger charge is 2.18. The molecule has 106 valence electrons. The van der Waals surface area contributed by atoms with E-state index in [4.69, 9.17) is 9.26 Å². The van der Waals surface area contributed by atoms with E-state index in [9.17, 15) is 4.79 Å². The van der Waals surface area contributed by atoms with Gasteiger partial charge in [0.05, 0.1) is 35.9 Å². The summed E-state index contributed by atoms with van der Waals surface area (Å²) in [7, 11) is 0. The van der Waals surface area contributed by atoms with Crippen LogP contribution in [0.25, 0.3) is 0 Å². The van der Waals surface area contributed by atoms with Crippen LogP contribution in [0, 0.1) is 13.8 Å². The summed E-state index contributed by atoms with van der Waals surface area (Å²) in [5, 5.41) is 7.32. The maximum atomic E-state index is 12.1. The Labute approximate surface area is 120 Å². The highest BCUT2D eigenvalue weighted by molar-refractivity contribution is 7.15. The van der Waals surface area contributed by atoms with Gasteiger partial charge in [-0.25, -0.2) is 4.98 Å². The zero-order chi connectivity index (χ0) is 14.1. The second-order valence-electron chi connectivity index (χ2n) is 4.72. The zero-order valence-electron chi connectivity index (χ0n) is 11.4. The summed E-state index contributed by atoms with van der Waals surface area (Å²) in [5.74, 6) is 0.580. The first kappa shape index (κ1) is 13.3. The van der Waals surface area contributed by atoms with Crippen LogP contribution in [-0.4, -0.2) is 22.7 Å². The van der Waals surface area contributed by atoms with Crippen molar-refractivity contribution in [3.05, 3.63) is 27.6 Å². The van der Waals surface area contributed by atoms with Gasteiger partial charge in [-0.05, 0) is 13.8 Å². The number of fused-ring (bicyclic) bond motifs is 1. The topological polar surface area (TPSA) is 77.3 Å². The molecule has 0 aliphatic carbocycles. The summed E-state index contributed by atoms with van der Waals surface area (Å²) in [6.45, 7) is 4.93. The molecule has 1 aliphatic heterocycles. The summed E-state index contributed by atoms with van der Waals surface area (Å²) in [6, 6.07) is 0. The van der Waals surface area contributed by atoms with Gasteiger partial charge >= 0.3 is 0 Å². The molecule has 2 aromatic rings. The van der Waals surface area contributed by atoms with E-state index in [1.165, 1.54) is 11.3 Å². The van der Waals surface area contributed by atoms with Crippen LogP contribution < -0.4 is 5.32 Å². The van der Waals surface area contributed by atoms with E-state index in [0.29, 0.717) is 24.1 Å². The second kappa shape index (κ2) is 5.34. The number of nitrogens with one attached hydrogen (secondary N) is 1. The molecule has 0 saturated carbocycles. The van der Waals surface area contributed by atoms with Crippen molar-refractivity contribution in [1.82, 2.24) is 10.1 Å². The summed E-state index contributed by atoms with van der Waals surface area (Å²) >= 11 is 1.48. The number of thiazole rings is 1. The quantitative estimate of drug-likeness (QED) is 0.936. The Bertz CT molecular complexity index is 604. The van der Waals surface area contributed by atoms with E-state index in [1.807, 2.05) is 13.8 Å². The third kappa shape index (κ3) is 2.59. The van der Waals surface area contributed by atoms with E-state index in [1.54, 1.807) is 0 Å². The molecule has 1 amide bonds. The van der Waals surface area contributed by atoms with Crippen molar-refractivity contribution in [3.63, 3.8) is 0 Å². The number of carbonyl (C=O) groups excluding carboxylic acids is 1. The van der Waals surface area contributed by atoms with Gasteiger partial charge in [0.2, 0.25) is 5.91 Å². The minimum absolute atomic E-state index is 0.105. The molecule has 3 rings (SSSR count). The molecule has 0 aromatic carbocycles. The van der Waals surface area contributed by atoms with Gasteiger partial charge in [0.15, 0.2) is 5.13 Å². The Morgan fingerprint density at radius 3 is 3.00 bits per heavy atom. The first-order chi connectivity index (χ1) is 9.63. The number of hydrogen-bond acceptors (Lipinski definition) is 6. The Hall–Kier alpha value is -1.73. The van der Waals surface area contributed by atoms with Crippen molar-refractivity contribution in [1.29, 1.82) is 0 Å². The molecule has 0 radical (unpaired) electrons. The van der Waals surface area contributed by atoms with E-state index in [0.717, 1.165) is 28.2 Å². The number of anilines is 1. The summed E-state index contributed by atoms with van der Waals surface area (Å²) in [4.78, 5) is 17.6. The van der Waals surface area contributed by atoms with E-state index in [2.05, 4.69) is 15.5 Å². The van der Waals surface area contributed by atoms with Crippen molar-refractivity contribution in [2.75, 3.05) is 11.9 Å². The van der Waals surface area contributed by atoms with Crippen LogP contribution in [-0.2, 0) is 29.0 Å². The van der Waals surface area contributed by atoms with Gasteiger partial charge in [0.25, 0.3) is 0 Å². The largest absolute Gasteiger partial charge is 0.375 e. The van der Waals surface area contributed by atoms with Crippen molar-refractivity contribution in [3.8, 4) is 0 Å². The number of carbonyl (C=O) groups is 1. The third-order valence-corrected chi connectivity index (χ3v) is 4.25. The van der Waals surface area contributed by atoms with Crippen LogP contribution in [0.2, 0.25) is 0 Å². The smallest absolute Gasteiger partial charge is 0.230 e. The van der Waals surface area contributed by atoms with Gasteiger partial charge in [0.1, 0.15) is 5.76 Å². The number of aryl methyl sites for hydroxylation is 2. The van der Waals surface area contributed by atoms with Gasteiger partial charge in [-0.15, -0.1) is 0 Å². The molecule has 2 aromatic heterocycles. The molecule has 0 saturated heterocycles. The number of nitrogens with zero attached hydrogens (tertiary/aromatic N) is 2. The van der Waals surface area contributed by atoms with Gasteiger partial charge in [-0.1, -0.05) is 16.5 Å². The molecule has 6 nitrogen and oxygen atoms in total. The van der Waals surface area contributed by atoms with Crippen molar-refractivity contribution in [2.24, 2.45) is 0 Å². The maximum absolute atomic E-state index is 12.1. The van der Waals surface area contributed by atoms with E-state index >= 15 is 0 Å². The monoisotopic (exact) mass is 293 g/mol. The van der Waals surface area contributed by atoms with Crippen LogP contribution in [0.15, 0.2) is 4.52 Å². The summed E-state index contributed by atoms with van der Waals surface area (Å²) < 4.78 is 10.4. The van der Waals surface area contributed by atoms with E-state index in [-0.39, 0.29) is 12.3 Å². The average molecular weight is 293 g/mol. The lowest BCUT2D eigenvalue weighted by Crippen LogP contribution is -2.15. The molecule has 3 heterocycles. The van der Waals surface area contributed by atoms with Crippen LogP contribution >= 0.6 is 11.3 Å². The van der Waals surface area contributed by atoms with Crippen LogP contribution in [0.1, 0.15) is 27.6 Å². The number of ether oxygens (including phenoxy) is 1. The van der Waals surface area contributed by atoms with Gasteiger partial charge in [-0.2, -0.15) is 0 Å². The standard InChI is InChI=1S/C13H15N3O3S/c1-7-9(8(2)19-16-7)5-12(17)15-13-14-10-3-4-18-6-11(10)20-13/h3-6H2,1-2H3,(H,14,15,17). The lowest BCUT2D eigenvalue weighted by atomic mass is 10.1. The fourth-order valence-corrected chi connectivity index (χ4v) is 3.12. The number of rotatable bonds is 3. The number of amides is 1. The van der Waals surface area contributed by atoms with Crippen molar-refractivity contribution >= 4 is 22.4 Å². The minimum Gasteiger partial charge on any atom is -0.375 e. The van der Waals surface area contributed by atoms with Gasteiger partial charge in [-0.3, -0.25) is 4.79 Å². The van der Waals surface area contributed by atoms with Gasteiger partial charge < -0.3 is 14.6 Å². The van der Waals surface area contributed by atoms with Crippen molar-refractivity contribution < 1.29 is 14.1 Å². The molecule has 0 spiro atoms. The lowest BCUT2D eigenvalue weighted by Gasteiger charge is -2.08. The van der Waals surface area contributed by atoms with Crippen LogP contribution in [0.5, 0.6) is 0 Å². The zero-order valence-corrected chi connectivity index (χ0v) is 12.2. The molecule has 0 fully saturated rings. The molecule has 20 heavy (non-hydrogen) atoms. The average Bonchev–Trinajstić information content (AvgIpc) is 2.96. The highest BCUT2D eigenvalue weighted by Crippen LogP contribution is 2.27. The lowest BCUT2D eigenvalue weighted by molar-refractivity contribution is -0.115. The Balaban J connectivity index is 1.68. The Morgan fingerprint density at radius 2 is 2.30 bits per heavy atom. The fourth-order valence-electron chi connectivity index (χ4n) is 2.16. The Morgan fingerprint density at radius 1 is 1.45 bits per heavy atom. The molecule has 7 heteroatoms. The van der Waals surface area contributed by atoms with Gasteiger partial charge in [0, 0.05) is 12.0 Å². The van der Waals surface area contributed by atoms with E-state index < -0.39 is 0 Å². The Kier molecular flexibility index (Phi) is 3.54. The summed E-state index contributed by atoms with van der Waals surface area (Å²) in [5.41, 5.74) is 2.63. The molecule has 0 bridgehead atoms. The molecule has 1 N–H and O–H groups in total. The van der Waals surface area contributed by atoms with Crippen molar-refractivity contribution in [2.45, 2.75) is 33.3 Å². The molecule has 0 unspecified atom stereocenters. The first-order valence-corrected chi connectivity index (χ1v) is 7.23. The maximum Gasteiger partial charge on any atom is 0.230 e. The summed E-state index contributed by atoms with van der Waals surface area (Å²) in [6.07, 6.45) is 1.06. The SMILES string of the molecule is Cc1noc(C)c1CC(=O)Nc1nc2c(s1)COCC2.